The maximum absolute atomic E-state index is 12.3. The summed E-state index contributed by atoms with van der Waals surface area (Å²) in [5.41, 5.74) is 0. The van der Waals surface area contributed by atoms with Crippen molar-refractivity contribution >= 4 is 10.0 Å². The fourth-order valence-corrected chi connectivity index (χ4v) is 4.08. The molecule has 7 nitrogen and oxygen atoms in total. The van der Waals surface area contributed by atoms with E-state index in [-0.39, 0.29) is 5.03 Å². The highest BCUT2D eigenvalue weighted by Crippen LogP contribution is 2.22. The van der Waals surface area contributed by atoms with Gasteiger partial charge in [0.05, 0.1) is 25.7 Å². The van der Waals surface area contributed by atoms with Crippen LogP contribution in [0.5, 0.6) is 0 Å². The zero-order valence-electron chi connectivity index (χ0n) is 10.7. The summed E-state index contributed by atoms with van der Waals surface area (Å²) < 4.78 is 31.5. The molecule has 1 unspecified atom stereocenters. The molecule has 2 saturated heterocycles. The summed E-state index contributed by atoms with van der Waals surface area (Å²) in [6, 6.07) is 0.307. The van der Waals surface area contributed by atoms with E-state index in [0.717, 1.165) is 32.7 Å². The quantitative estimate of drug-likeness (QED) is 0.811. The second-order valence-electron chi connectivity index (χ2n) is 4.87. The molecule has 3 heterocycles. The molecule has 0 amide bonds. The monoisotopic (exact) mass is 286 g/mol. The highest BCUT2D eigenvalue weighted by Gasteiger charge is 2.36. The van der Waals surface area contributed by atoms with E-state index in [4.69, 9.17) is 4.74 Å². The fourth-order valence-electron chi connectivity index (χ4n) is 2.69. The Morgan fingerprint density at radius 1 is 1.32 bits per heavy atom. The molecule has 1 N–H and O–H groups in total. The van der Waals surface area contributed by atoms with Crippen molar-refractivity contribution < 1.29 is 13.2 Å². The molecule has 2 aliphatic heterocycles. The molecule has 0 radical (unpaired) electrons. The highest BCUT2D eigenvalue weighted by atomic mass is 32.2. The maximum Gasteiger partial charge on any atom is 0.260 e. The van der Waals surface area contributed by atoms with Gasteiger partial charge in [-0.3, -0.25) is 4.90 Å². The van der Waals surface area contributed by atoms with Crippen LogP contribution >= 0.6 is 0 Å². The van der Waals surface area contributed by atoms with E-state index >= 15 is 0 Å². The first-order valence-electron chi connectivity index (χ1n) is 6.48. The van der Waals surface area contributed by atoms with Gasteiger partial charge in [-0.1, -0.05) is 0 Å². The molecule has 106 valence electrons. The third kappa shape index (κ3) is 2.53. The molecular weight excluding hydrogens is 268 g/mol. The van der Waals surface area contributed by atoms with E-state index in [0.29, 0.717) is 19.1 Å². The first kappa shape index (κ1) is 13.0. The third-order valence-corrected chi connectivity index (χ3v) is 5.57. The second kappa shape index (κ2) is 5.20. The van der Waals surface area contributed by atoms with E-state index in [9.17, 15) is 8.42 Å². The molecular formula is C11H18N4O3S. The zero-order valence-corrected chi connectivity index (χ0v) is 11.5. The summed E-state index contributed by atoms with van der Waals surface area (Å²) in [6.07, 6.45) is 3.63. The average Bonchev–Trinajstić information content (AvgIpc) is 3.12. The predicted octanol–water partition coefficient (Wildman–Crippen LogP) is -0.495. The van der Waals surface area contributed by atoms with Gasteiger partial charge in [-0.2, -0.15) is 4.31 Å². The van der Waals surface area contributed by atoms with Crippen molar-refractivity contribution in [3.63, 3.8) is 0 Å². The van der Waals surface area contributed by atoms with Crippen LogP contribution in [0.15, 0.2) is 17.6 Å². The number of morpholine rings is 1. The van der Waals surface area contributed by atoms with Crippen LogP contribution in [0.4, 0.5) is 0 Å². The summed E-state index contributed by atoms with van der Waals surface area (Å²) in [5.74, 6) is 0. The highest BCUT2D eigenvalue weighted by molar-refractivity contribution is 7.89. The second-order valence-corrected chi connectivity index (χ2v) is 6.78. The standard InChI is InChI=1S/C11H18N4O3S/c16-19(17,11-7-12-9-13-11)15-2-1-10(8-15)14-3-5-18-6-4-14/h7,9-10H,1-6,8H2,(H,12,13). The number of aromatic amines is 1. The maximum atomic E-state index is 12.3. The number of hydrogen-bond acceptors (Lipinski definition) is 5. The number of rotatable bonds is 3. The van der Waals surface area contributed by atoms with Gasteiger partial charge >= 0.3 is 0 Å². The van der Waals surface area contributed by atoms with Crippen molar-refractivity contribution in [1.82, 2.24) is 19.2 Å². The van der Waals surface area contributed by atoms with E-state index in [1.165, 1.54) is 12.5 Å². The Morgan fingerprint density at radius 2 is 2.11 bits per heavy atom. The van der Waals surface area contributed by atoms with Gasteiger partial charge in [-0.25, -0.2) is 13.4 Å². The number of imidazole rings is 1. The van der Waals surface area contributed by atoms with Gasteiger partial charge in [0, 0.05) is 32.2 Å². The van der Waals surface area contributed by atoms with Crippen molar-refractivity contribution in [3.8, 4) is 0 Å². The van der Waals surface area contributed by atoms with Gasteiger partial charge < -0.3 is 9.72 Å². The molecule has 0 aromatic carbocycles. The van der Waals surface area contributed by atoms with Crippen molar-refractivity contribution in [2.24, 2.45) is 0 Å². The normalized spacial score (nSPS) is 26.8. The van der Waals surface area contributed by atoms with Crippen LogP contribution in [0, 0.1) is 0 Å². The molecule has 8 heteroatoms. The van der Waals surface area contributed by atoms with Crippen LogP contribution in [-0.2, 0) is 14.8 Å². The molecule has 0 aliphatic carbocycles. The number of H-pyrrole nitrogens is 1. The number of nitrogens with zero attached hydrogens (tertiary/aromatic N) is 3. The molecule has 0 bridgehead atoms. The van der Waals surface area contributed by atoms with Crippen LogP contribution in [0.3, 0.4) is 0 Å². The van der Waals surface area contributed by atoms with E-state index < -0.39 is 10.0 Å². The Morgan fingerprint density at radius 3 is 2.79 bits per heavy atom. The Labute approximate surface area is 112 Å². The molecule has 0 spiro atoms. The number of aromatic nitrogens is 2. The lowest BCUT2D eigenvalue weighted by Gasteiger charge is -2.31. The van der Waals surface area contributed by atoms with Gasteiger partial charge in [0.15, 0.2) is 5.03 Å². The lowest BCUT2D eigenvalue weighted by molar-refractivity contribution is 0.0197. The summed E-state index contributed by atoms with van der Waals surface area (Å²) >= 11 is 0. The van der Waals surface area contributed by atoms with Gasteiger partial charge in [0.1, 0.15) is 0 Å². The summed E-state index contributed by atoms with van der Waals surface area (Å²) in [4.78, 5) is 8.78. The first-order chi connectivity index (χ1) is 9.18. The van der Waals surface area contributed by atoms with Gasteiger partial charge in [-0.15, -0.1) is 0 Å². The van der Waals surface area contributed by atoms with Crippen molar-refractivity contribution in [2.75, 3.05) is 39.4 Å². The predicted molar refractivity (Wildman–Crippen MR) is 68.1 cm³/mol. The summed E-state index contributed by atoms with van der Waals surface area (Å²) in [5, 5.41) is 0.176. The van der Waals surface area contributed by atoms with Crippen LogP contribution < -0.4 is 0 Å². The number of nitrogens with one attached hydrogen (secondary N) is 1. The molecule has 3 rings (SSSR count). The average molecular weight is 286 g/mol. The summed E-state index contributed by atoms with van der Waals surface area (Å²) in [7, 11) is -3.41. The zero-order chi connectivity index (χ0) is 13.3. The molecule has 2 fully saturated rings. The van der Waals surface area contributed by atoms with E-state index in [1.807, 2.05) is 0 Å². The van der Waals surface area contributed by atoms with Gasteiger partial charge in [0.25, 0.3) is 10.0 Å². The Hall–Kier alpha value is -0.960. The smallest absolute Gasteiger partial charge is 0.260 e. The molecule has 1 aromatic rings. The molecule has 1 aromatic heterocycles. The Kier molecular flexibility index (Phi) is 3.57. The Bertz CT molecular complexity index is 510. The number of sulfonamides is 1. The molecule has 2 aliphatic rings. The van der Waals surface area contributed by atoms with Crippen molar-refractivity contribution in [2.45, 2.75) is 17.5 Å². The van der Waals surface area contributed by atoms with E-state index in [2.05, 4.69) is 14.9 Å². The SMILES string of the molecule is O=S(=O)(c1cnc[nH]1)N1CCC(N2CCOCC2)C1. The van der Waals surface area contributed by atoms with Crippen molar-refractivity contribution in [1.29, 1.82) is 0 Å². The van der Waals surface area contributed by atoms with E-state index in [1.54, 1.807) is 4.31 Å². The molecule has 0 saturated carbocycles. The van der Waals surface area contributed by atoms with Crippen LogP contribution in [0.1, 0.15) is 6.42 Å². The largest absolute Gasteiger partial charge is 0.379 e. The van der Waals surface area contributed by atoms with Crippen LogP contribution in [0.2, 0.25) is 0 Å². The minimum absolute atomic E-state index is 0.176. The minimum atomic E-state index is -3.41. The topological polar surface area (TPSA) is 78.5 Å². The van der Waals surface area contributed by atoms with Gasteiger partial charge in [-0.05, 0) is 6.42 Å². The lowest BCUT2D eigenvalue weighted by Crippen LogP contribution is -2.45. The minimum Gasteiger partial charge on any atom is -0.379 e. The lowest BCUT2D eigenvalue weighted by atomic mass is 10.2. The molecule has 1 atom stereocenters. The third-order valence-electron chi connectivity index (χ3n) is 3.78. The van der Waals surface area contributed by atoms with Crippen molar-refractivity contribution in [3.05, 3.63) is 12.5 Å². The fraction of sp³-hybridized carbons (Fsp3) is 0.727. The van der Waals surface area contributed by atoms with Crippen LogP contribution in [0.25, 0.3) is 0 Å². The van der Waals surface area contributed by atoms with Crippen LogP contribution in [-0.4, -0.2) is 73.0 Å². The first-order valence-corrected chi connectivity index (χ1v) is 7.92. The Balaban J connectivity index is 1.68. The molecule has 19 heavy (non-hydrogen) atoms. The van der Waals surface area contributed by atoms with Gasteiger partial charge in [0.2, 0.25) is 0 Å². The number of hydrogen-bond donors (Lipinski definition) is 1. The summed E-state index contributed by atoms with van der Waals surface area (Å²) in [6.45, 7) is 4.39. The number of ether oxygens (including phenoxy) is 1.